The molecule has 0 bridgehead atoms. The highest BCUT2D eigenvalue weighted by Gasteiger charge is 2.06. The average Bonchev–Trinajstić information content (AvgIpc) is 2.76. The smallest absolute Gasteiger partial charge is 0.117 e. The predicted octanol–water partition coefficient (Wildman–Crippen LogP) is 2.80. The van der Waals surface area contributed by atoms with Crippen molar-refractivity contribution in [1.82, 2.24) is 4.90 Å². The lowest BCUT2D eigenvalue weighted by atomic mass is 10.1. The maximum absolute atomic E-state index is 5.96. The molecule has 0 spiro atoms. The lowest BCUT2D eigenvalue weighted by Gasteiger charge is -2.16. The van der Waals surface area contributed by atoms with Crippen LogP contribution >= 0.6 is 0 Å². The van der Waals surface area contributed by atoms with Crippen molar-refractivity contribution in [2.45, 2.75) is 20.0 Å². The molecule has 0 radical (unpaired) electrons. The van der Waals surface area contributed by atoms with Gasteiger partial charge in [0.05, 0.1) is 12.8 Å². The number of benzene rings is 1. The van der Waals surface area contributed by atoms with Gasteiger partial charge in [0, 0.05) is 12.2 Å². The van der Waals surface area contributed by atoms with Crippen LogP contribution in [-0.2, 0) is 13.1 Å². The van der Waals surface area contributed by atoms with Crippen molar-refractivity contribution < 1.29 is 4.42 Å². The Bertz CT molecular complexity index is 477. The highest BCUT2D eigenvalue weighted by molar-refractivity contribution is 5.48. The number of nitrogen functional groups attached to an aromatic ring is 1. The van der Waals surface area contributed by atoms with E-state index in [4.69, 9.17) is 10.2 Å². The van der Waals surface area contributed by atoms with Crippen LogP contribution in [0.15, 0.2) is 41.0 Å². The van der Waals surface area contributed by atoms with Crippen LogP contribution in [0.25, 0.3) is 0 Å². The van der Waals surface area contributed by atoms with E-state index in [2.05, 4.69) is 24.9 Å². The van der Waals surface area contributed by atoms with E-state index in [1.165, 1.54) is 11.1 Å². The minimum atomic E-state index is 0.792. The van der Waals surface area contributed by atoms with Crippen LogP contribution in [0.4, 0.5) is 5.69 Å². The monoisotopic (exact) mass is 230 g/mol. The number of aryl methyl sites for hydroxylation is 1. The SMILES string of the molecule is Cc1ccc(N)c(CN(C)Cc2ccco2)c1. The highest BCUT2D eigenvalue weighted by atomic mass is 16.3. The lowest BCUT2D eigenvalue weighted by molar-refractivity contribution is 0.288. The van der Waals surface area contributed by atoms with Gasteiger partial charge < -0.3 is 10.2 Å². The zero-order chi connectivity index (χ0) is 12.3. The van der Waals surface area contributed by atoms with Crippen LogP contribution in [0, 0.1) is 6.92 Å². The maximum Gasteiger partial charge on any atom is 0.117 e. The van der Waals surface area contributed by atoms with E-state index < -0.39 is 0 Å². The van der Waals surface area contributed by atoms with Crippen LogP contribution < -0.4 is 5.73 Å². The third kappa shape index (κ3) is 3.11. The molecule has 0 fully saturated rings. The summed E-state index contributed by atoms with van der Waals surface area (Å²) in [6, 6.07) is 10.0. The fourth-order valence-electron chi connectivity index (χ4n) is 1.89. The topological polar surface area (TPSA) is 42.4 Å². The fourth-order valence-corrected chi connectivity index (χ4v) is 1.89. The summed E-state index contributed by atoms with van der Waals surface area (Å²) in [4.78, 5) is 2.18. The molecule has 0 saturated heterocycles. The zero-order valence-electron chi connectivity index (χ0n) is 10.3. The standard InChI is InChI=1S/C14H18N2O/c1-11-5-6-14(15)12(8-11)9-16(2)10-13-4-3-7-17-13/h3-8H,9-10,15H2,1-2H3. The Hall–Kier alpha value is -1.74. The van der Waals surface area contributed by atoms with Gasteiger partial charge in [-0.1, -0.05) is 17.7 Å². The maximum atomic E-state index is 5.96. The van der Waals surface area contributed by atoms with Crippen molar-refractivity contribution in [1.29, 1.82) is 0 Å². The van der Waals surface area contributed by atoms with Crippen molar-refractivity contribution in [3.05, 3.63) is 53.5 Å². The molecule has 0 aliphatic carbocycles. The molecule has 90 valence electrons. The largest absolute Gasteiger partial charge is 0.468 e. The summed E-state index contributed by atoms with van der Waals surface area (Å²) in [6.45, 7) is 3.70. The van der Waals surface area contributed by atoms with Crippen molar-refractivity contribution >= 4 is 5.69 Å². The van der Waals surface area contributed by atoms with E-state index in [1.807, 2.05) is 24.3 Å². The van der Waals surface area contributed by atoms with Crippen LogP contribution in [0.2, 0.25) is 0 Å². The molecule has 0 unspecified atom stereocenters. The van der Waals surface area contributed by atoms with Crippen LogP contribution in [0.3, 0.4) is 0 Å². The van der Waals surface area contributed by atoms with Gasteiger partial charge in [-0.2, -0.15) is 0 Å². The Morgan fingerprint density at radius 3 is 2.76 bits per heavy atom. The quantitative estimate of drug-likeness (QED) is 0.821. The first kappa shape index (κ1) is 11.7. The predicted molar refractivity (Wildman–Crippen MR) is 69.5 cm³/mol. The Kier molecular flexibility index (Phi) is 3.49. The van der Waals surface area contributed by atoms with Gasteiger partial charge in [0.25, 0.3) is 0 Å². The van der Waals surface area contributed by atoms with Gasteiger partial charge >= 0.3 is 0 Å². The highest BCUT2D eigenvalue weighted by Crippen LogP contribution is 2.16. The first-order valence-corrected chi connectivity index (χ1v) is 5.71. The van der Waals surface area contributed by atoms with E-state index in [0.29, 0.717) is 0 Å². The van der Waals surface area contributed by atoms with Gasteiger partial charge in [-0.25, -0.2) is 0 Å². The summed E-state index contributed by atoms with van der Waals surface area (Å²) in [5.74, 6) is 0.971. The van der Waals surface area contributed by atoms with Crippen molar-refractivity contribution in [2.75, 3.05) is 12.8 Å². The molecule has 1 aromatic heterocycles. The van der Waals surface area contributed by atoms with E-state index in [0.717, 1.165) is 24.5 Å². The molecule has 3 heteroatoms. The molecule has 1 aromatic carbocycles. The molecule has 0 amide bonds. The molecule has 17 heavy (non-hydrogen) atoms. The normalized spacial score (nSPS) is 11.0. The third-order valence-corrected chi connectivity index (χ3v) is 2.74. The van der Waals surface area contributed by atoms with Crippen molar-refractivity contribution in [3.63, 3.8) is 0 Å². The molecule has 3 nitrogen and oxygen atoms in total. The van der Waals surface area contributed by atoms with Gasteiger partial charge in [0.15, 0.2) is 0 Å². The van der Waals surface area contributed by atoms with E-state index in [1.54, 1.807) is 6.26 Å². The number of nitrogens with zero attached hydrogens (tertiary/aromatic N) is 1. The lowest BCUT2D eigenvalue weighted by Crippen LogP contribution is -2.17. The minimum Gasteiger partial charge on any atom is -0.468 e. The number of anilines is 1. The fraction of sp³-hybridized carbons (Fsp3) is 0.286. The number of hydrogen-bond donors (Lipinski definition) is 1. The second kappa shape index (κ2) is 5.06. The van der Waals surface area contributed by atoms with E-state index in [9.17, 15) is 0 Å². The summed E-state index contributed by atoms with van der Waals surface area (Å²) in [5.41, 5.74) is 9.21. The van der Waals surface area contributed by atoms with Gasteiger partial charge in [0.2, 0.25) is 0 Å². The Morgan fingerprint density at radius 2 is 2.06 bits per heavy atom. The van der Waals surface area contributed by atoms with E-state index in [-0.39, 0.29) is 0 Å². The average molecular weight is 230 g/mol. The molecule has 1 heterocycles. The summed E-state index contributed by atoms with van der Waals surface area (Å²) in [7, 11) is 2.06. The van der Waals surface area contributed by atoms with Gasteiger partial charge in [0.1, 0.15) is 5.76 Å². The van der Waals surface area contributed by atoms with Gasteiger partial charge in [-0.05, 0) is 37.7 Å². The van der Waals surface area contributed by atoms with Crippen LogP contribution in [-0.4, -0.2) is 11.9 Å². The molecule has 2 rings (SSSR count). The van der Waals surface area contributed by atoms with E-state index >= 15 is 0 Å². The van der Waals surface area contributed by atoms with Crippen LogP contribution in [0.1, 0.15) is 16.9 Å². The molecular weight excluding hydrogens is 212 g/mol. The van der Waals surface area contributed by atoms with Crippen LogP contribution in [0.5, 0.6) is 0 Å². The minimum absolute atomic E-state index is 0.792. The first-order valence-electron chi connectivity index (χ1n) is 5.71. The molecule has 0 aliphatic heterocycles. The van der Waals surface area contributed by atoms with Crippen molar-refractivity contribution in [2.24, 2.45) is 0 Å². The van der Waals surface area contributed by atoms with Gasteiger partial charge in [-0.15, -0.1) is 0 Å². The first-order chi connectivity index (χ1) is 8.15. The third-order valence-electron chi connectivity index (χ3n) is 2.74. The summed E-state index contributed by atoms with van der Waals surface area (Å²) in [5, 5.41) is 0. The molecule has 0 saturated carbocycles. The Morgan fingerprint density at radius 1 is 1.24 bits per heavy atom. The molecular formula is C14H18N2O. The zero-order valence-corrected chi connectivity index (χ0v) is 10.3. The number of nitrogens with two attached hydrogens (primary N) is 1. The molecule has 0 aliphatic rings. The Balaban J connectivity index is 2.02. The number of hydrogen-bond acceptors (Lipinski definition) is 3. The summed E-state index contributed by atoms with van der Waals surface area (Å²) in [6.07, 6.45) is 1.70. The second-order valence-electron chi connectivity index (χ2n) is 4.45. The van der Waals surface area contributed by atoms with Gasteiger partial charge in [-0.3, -0.25) is 4.90 Å². The molecule has 0 atom stereocenters. The summed E-state index contributed by atoms with van der Waals surface area (Å²) < 4.78 is 5.32. The molecule has 2 aromatic rings. The summed E-state index contributed by atoms with van der Waals surface area (Å²) >= 11 is 0. The number of rotatable bonds is 4. The number of furan rings is 1. The van der Waals surface area contributed by atoms with Crippen molar-refractivity contribution in [3.8, 4) is 0 Å². The Labute approximate surface area is 102 Å². The molecule has 2 N–H and O–H groups in total. The second-order valence-corrected chi connectivity index (χ2v) is 4.45.